The Labute approximate surface area is 154 Å². The van der Waals surface area contributed by atoms with Crippen molar-refractivity contribution >= 4 is 39.2 Å². The van der Waals surface area contributed by atoms with Crippen molar-refractivity contribution in [3.8, 4) is 17.1 Å². The largest absolute Gasteiger partial charge is 0.476 e. The number of fused-ring (bicyclic) bond motifs is 2. The van der Waals surface area contributed by atoms with E-state index in [4.69, 9.17) is 26.6 Å². The summed E-state index contributed by atoms with van der Waals surface area (Å²) in [5.74, 6) is 1.19. The quantitative estimate of drug-likeness (QED) is 0.561. The van der Waals surface area contributed by atoms with Crippen LogP contribution in [0.1, 0.15) is 13.8 Å². The van der Waals surface area contributed by atoms with E-state index >= 15 is 0 Å². The van der Waals surface area contributed by atoms with Gasteiger partial charge in [-0.15, -0.1) is 0 Å². The van der Waals surface area contributed by atoms with Gasteiger partial charge in [-0.25, -0.2) is 4.98 Å². The molecule has 0 aliphatic carbocycles. The van der Waals surface area contributed by atoms with Crippen molar-refractivity contribution in [3.05, 3.63) is 41.7 Å². The van der Waals surface area contributed by atoms with Crippen LogP contribution in [0.25, 0.3) is 33.0 Å². The number of hydrogen-bond donors (Lipinski definition) is 1. The Morgan fingerprint density at radius 2 is 2.04 bits per heavy atom. The van der Waals surface area contributed by atoms with Crippen molar-refractivity contribution in [2.24, 2.45) is 5.92 Å². The van der Waals surface area contributed by atoms with Gasteiger partial charge in [0.15, 0.2) is 11.4 Å². The van der Waals surface area contributed by atoms with Crippen LogP contribution in [0.15, 0.2) is 41.2 Å². The maximum atomic E-state index is 6.35. The maximum Gasteiger partial charge on any atom is 0.232 e. The van der Waals surface area contributed by atoms with E-state index < -0.39 is 0 Å². The molecule has 7 heteroatoms. The summed E-state index contributed by atoms with van der Waals surface area (Å²) in [6, 6.07) is 7.55. The molecule has 3 heterocycles. The van der Waals surface area contributed by atoms with Gasteiger partial charge >= 0.3 is 0 Å². The minimum Gasteiger partial charge on any atom is -0.476 e. The van der Waals surface area contributed by atoms with Gasteiger partial charge in [-0.05, 0) is 35.6 Å². The molecule has 0 aliphatic rings. The maximum absolute atomic E-state index is 6.35. The Balaban J connectivity index is 1.81. The number of nitrogens with two attached hydrogens (primary N) is 1. The molecule has 0 amide bonds. The van der Waals surface area contributed by atoms with Gasteiger partial charge < -0.3 is 15.0 Å². The summed E-state index contributed by atoms with van der Waals surface area (Å²) in [4.78, 5) is 8.85. The number of anilines is 1. The number of hydrogen-bond acceptors (Lipinski definition) is 6. The van der Waals surface area contributed by atoms with E-state index in [2.05, 4.69) is 29.0 Å². The molecule has 4 aromatic rings. The highest BCUT2D eigenvalue weighted by atomic mass is 35.5. The van der Waals surface area contributed by atoms with Gasteiger partial charge in [0.25, 0.3) is 0 Å². The van der Waals surface area contributed by atoms with Gasteiger partial charge in [0.2, 0.25) is 5.88 Å². The number of halogens is 1. The first-order valence-corrected chi connectivity index (χ1v) is 8.63. The fourth-order valence-electron chi connectivity index (χ4n) is 2.76. The summed E-state index contributed by atoms with van der Waals surface area (Å²) in [5.41, 5.74) is 8.00. The average Bonchev–Trinajstić information content (AvgIpc) is 2.98. The van der Waals surface area contributed by atoms with E-state index in [1.54, 1.807) is 12.4 Å². The summed E-state index contributed by atoms with van der Waals surface area (Å²) < 4.78 is 10.9. The van der Waals surface area contributed by atoms with Crippen LogP contribution in [0.5, 0.6) is 5.88 Å². The highest BCUT2D eigenvalue weighted by Crippen LogP contribution is 2.34. The van der Waals surface area contributed by atoms with Crippen LogP contribution in [0.2, 0.25) is 5.02 Å². The Hall–Kier alpha value is -2.86. The monoisotopic (exact) mass is 368 g/mol. The molecule has 132 valence electrons. The van der Waals surface area contributed by atoms with E-state index in [1.165, 1.54) is 0 Å². The molecule has 6 nitrogen and oxygen atoms in total. The topological polar surface area (TPSA) is 87.1 Å². The zero-order valence-electron chi connectivity index (χ0n) is 14.4. The molecule has 0 fully saturated rings. The van der Waals surface area contributed by atoms with E-state index in [0.717, 1.165) is 27.4 Å². The lowest BCUT2D eigenvalue weighted by Gasteiger charge is -2.11. The Kier molecular flexibility index (Phi) is 4.12. The molecule has 0 unspecified atom stereocenters. The lowest BCUT2D eigenvalue weighted by molar-refractivity contribution is 0.261. The first-order chi connectivity index (χ1) is 12.5. The summed E-state index contributed by atoms with van der Waals surface area (Å²) >= 11 is 6.35. The fourth-order valence-corrected chi connectivity index (χ4v) is 2.98. The third-order valence-corrected chi connectivity index (χ3v) is 4.29. The second-order valence-electron chi connectivity index (χ2n) is 6.51. The number of nitrogens with zero attached hydrogens (tertiary/aromatic N) is 3. The molecule has 0 saturated heterocycles. The lowest BCUT2D eigenvalue weighted by Crippen LogP contribution is -2.06. The zero-order chi connectivity index (χ0) is 18.3. The smallest absolute Gasteiger partial charge is 0.232 e. The molecule has 26 heavy (non-hydrogen) atoms. The molecular weight excluding hydrogens is 352 g/mol. The van der Waals surface area contributed by atoms with Crippen molar-refractivity contribution in [1.82, 2.24) is 15.1 Å². The Morgan fingerprint density at radius 3 is 2.81 bits per heavy atom. The predicted molar refractivity (Wildman–Crippen MR) is 102 cm³/mol. The number of nitrogen functional groups attached to an aromatic ring is 1. The fraction of sp³-hybridized carbons (Fsp3) is 0.211. The van der Waals surface area contributed by atoms with Gasteiger partial charge in [-0.3, -0.25) is 4.98 Å². The molecule has 4 rings (SSSR count). The normalized spacial score (nSPS) is 11.5. The van der Waals surface area contributed by atoms with Crippen LogP contribution < -0.4 is 10.5 Å². The van der Waals surface area contributed by atoms with Crippen molar-refractivity contribution in [2.75, 3.05) is 12.3 Å². The van der Waals surface area contributed by atoms with Crippen LogP contribution in [0.4, 0.5) is 5.82 Å². The summed E-state index contributed by atoms with van der Waals surface area (Å²) in [6.45, 7) is 4.70. The lowest BCUT2D eigenvalue weighted by atomic mass is 10.0. The number of benzene rings is 1. The number of aromatic nitrogens is 3. The molecule has 3 aromatic heterocycles. The molecule has 1 aromatic carbocycles. The molecule has 0 atom stereocenters. The van der Waals surface area contributed by atoms with Crippen molar-refractivity contribution in [2.45, 2.75) is 13.8 Å². The molecule has 2 N–H and O–H groups in total. The molecular formula is C19H17ClN4O2. The third kappa shape index (κ3) is 2.93. The van der Waals surface area contributed by atoms with Gasteiger partial charge in [-0.1, -0.05) is 30.6 Å². The first-order valence-electron chi connectivity index (χ1n) is 8.25. The number of rotatable bonds is 4. The molecule has 0 spiro atoms. The standard InChI is InChI=1S/C19H17ClN4O2/c1-10(2)9-25-19-15(20)6-12(8-23-19)17-13-7-16-14(18(21)24-26-16)5-11(13)3-4-22-17/h3-8,10H,9H2,1-2H3,(H2,21,24). The van der Waals surface area contributed by atoms with Gasteiger partial charge in [-0.2, -0.15) is 0 Å². The van der Waals surface area contributed by atoms with Crippen LogP contribution in [-0.4, -0.2) is 21.7 Å². The van der Waals surface area contributed by atoms with Crippen LogP contribution in [0.3, 0.4) is 0 Å². The molecule has 0 aliphatic heterocycles. The van der Waals surface area contributed by atoms with E-state index in [-0.39, 0.29) is 0 Å². The van der Waals surface area contributed by atoms with Crippen LogP contribution >= 0.6 is 11.6 Å². The zero-order valence-corrected chi connectivity index (χ0v) is 15.1. The van der Waals surface area contributed by atoms with Gasteiger partial charge in [0, 0.05) is 23.3 Å². The second kappa shape index (κ2) is 6.46. The summed E-state index contributed by atoms with van der Waals surface area (Å²) in [5, 5.41) is 6.93. The minimum atomic E-state index is 0.372. The van der Waals surface area contributed by atoms with Crippen LogP contribution in [-0.2, 0) is 0 Å². The Morgan fingerprint density at radius 1 is 1.19 bits per heavy atom. The van der Waals surface area contributed by atoms with Gasteiger partial charge in [0.1, 0.15) is 5.02 Å². The highest BCUT2D eigenvalue weighted by molar-refractivity contribution is 6.32. The SMILES string of the molecule is CC(C)COc1ncc(-c2nccc3cc4c(N)noc4cc23)cc1Cl. The highest BCUT2D eigenvalue weighted by Gasteiger charge is 2.13. The Bertz CT molecular complexity index is 1110. The van der Waals surface area contributed by atoms with Crippen molar-refractivity contribution in [1.29, 1.82) is 0 Å². The predicted octanol–water partition coefficient (Wildman–Crippen LogP) is 4.71. The summed E-state index contributed by atoms with van der Waals surface area (Å²) in [7, 11) is 0. The second-order valence-corrected chi connectivity index (χ2v) is 6.92. The van der Waals surface area contributed by atoms with Crippen LogP contribution in [0, 0.1) is 5.92 Å². The summed E-state index contributed by atoms with van der Waals surface area (Å²) in [6.07, 6.45) is 3.45. The molecule has 0 saturated carbocycles. The third-order valence-electron chi connectivity index (χ3n) is 4.02. The van der Waals surface area contributed by atoms with E-state index in [1.807, 2.05) is 24.3 Å². The minimum absolute atomic E-state index is 0.372. The van der Waals surface area contributed by atoms with Gasteiger partial charge in [0.05, 0.1) is 17.7 Å². The van der Waals surface area contributed by atoms with E-state index in [0.29, 0.717) is 34.8 Å². The number of ether oxygens (including phenoxy) is 1. The number of pyridine rings is 2. The van der Waals surface area contributed by atoms with Crippen molar-refractivity contribution in [3.63, 3.8) is 0 Å². The van der Waals surface area contributed by atoms with Crippen molar-refractivity contribution < 1.29 is 9.26 Å². The molecule has 0 radical (unpaired) electrons. The average molecular weight is 369 g/mol. The first kappa shape index (κ1) is 16.6. The molecule has 0 bridgehead atoms. The van der Waals surface area contributed by atoms with E-state index in [9.17, 15) is 0 Å².